The third-order valence-corrected chi connectivity index (χ3v) is 10.4. The van der Waals surface area contributed by atoms with Crippen molar-refractivity contribution in [3.8, 4) is 11.5 Å². The summed E-state index contributed by atoms with van der Waals surface area (Å²) < 4.78 is 18.0. The minimum atomic E-state index is -0.304. The van der Waals surface area contributed by atoms with Crippen LogP contribution in [-0.4, -0.2) is 59.5 Å². The van der Waals surface area contributed by atoms with Gasteiger partial charge < -0.3 is 18.8 Å². The monoisotopic (exact) mass is 594 g/mol. The van der Waals surface area contributed by atoms with Crippen molar-refractivity contribution in [3.63, 3.8) is 0 Å². The molecule has 2 aliphatic carbocycles. The number of benzene rings is 2. The molecule has 2 aliphatic heterocycles. The standard InChI is InChI=1S/C37H42N2O5/c1-24(2)22-39(34(41)14-9-27-16-20-42-23-27)30-11-10-29-31-21-28-32(43-25(3)40)12-13-33-35(28)37(29,36(30)44-33)17-19-38(31)18-15-26-7-5-4-6-8-26/h4-9,12-14,16,20,23-24,29-31,36H,10-11,15,17-19,21-22H2,1-3H3/b14-9+/t29-,30+,31+,36-,37-/m0/s1. The van der Waals surface area contributed by atoms with Crippen molar-refractivity contribution in [2.45, 2.75) is 76.5 Å². The van der Waals surface area contributed by atoms with Crippen LogP contribution in [0.15, 0.2) is 71.6 Å². The first-order valence-electron chi connectivity index (χ1n) is 16.2. The Labute approximate surface area is 259 Å². The van der Waals surface area contributed by atoms with Crippen LogP contribution in [0.4, 0.5) is 0 Å². The van der Waals surface area contributed by atoms with Crippen LogP contribution in [0.2, 0.25) is 0 Å². The molecule has 7 heteroatoms. The average Bonchev–Trinajstić information content (AvgIpc) is 3.65. The molecule has 1 spiro atoms. The van der Waals surface area contributed by atoms with Gasteiger partial charge in [0.25, 0.3) is 0 Å². The van der Waals surface area contributed by atoms with Gasteiger partial charge in [-0.1, -0.05) is 44.2 Å². The smallest absolute Gasteiger partial charge is 0.308 e. The summed E-state index contributed by atoms with van der Waals surface area (Å²) in [6.45, 7) is 8.44. The highest BCUT2D eigenvalue weighted by atomic mass is 16.5. The lowest BCUT2D eigenvalue weighted by Gasteiger charge is -2.60. The van der Waals surface area contributed by atoms with Crippen molar-refractivity contribution < 1.29 is 23.5 Å². The van der Waals surface area contributed by atoms with Gasteiger partial charge in [-0.05, 0) is 80.3 Å². The van der Waals surface area contributed by atoms with Crippen LogP contribution >= 0.6 is 0 Å². The van der Waals surface area contributed by atoms with E-state index in [0.717, 1.165) is 62.1 Å². The highest BCUT2D eigenvalue weighted by Crippen LogP contribution is 2.64. The lowest BCUT2D eigenvalue weighted by atomic mass is 9.50. The molecule has 7 rings (SSSR count). The van der Waals surface area contributed by atoms with E-state index in [9.17, 15) is 9.59 Å². The second-order valence-corrected chi connectivity index (χ2v) is 13.4. The minimum Gasteiger partial charge on any atom is -0.487 e. The Kier molecular flexibility index (Phi) is 7.61. The van der Waals surface area contributed by atoms with E-state index in [4.69, 9.17) is 13.9 Å². The molecule has 1 aromatic heterocycles. The zero-order valence-electron chi connectivity index (χ0n) is 25.9. The topological polar surface area (TPSA) is 72.2 Å². The Morgan fingerprint density at radius 2 is 1.98 bits per heavy atom. The molecule has 1 saturated carbocycles. The van der Waals surface area contributed by atoms with Gasteiger partial charge in [0.2, 0.25) is 5.91 Å². The van der Waals surface area contributed by atoms with E-state index in [2.05, 4.69) is 54.0 Å². The minimum absolute atomic E-state index is 0.00721. The van der Waals surface area contributed by atoms with Crippen LogP contribution in [0, 0.1) is 11.8 Å². The highest BCUT2D eigenvalue weighted by molar-refractivity contribution is 5.92. The normalized spacial score (nSPS) is 26.8. The SMILES string of the molecule is CC(=O)Oc1ccc2c3c1C[C@@H]1[C@@H]4CC[C@@H](N(CC(C)C)C(=O)/C=C/c5ccoc5)[C@H](O2)[C@]34CCN1CCc1ccccc1. The first-order chi connectivity index (χ1) is 21.3. The zero-order chi connectivity index (χ0) is 30.4. The maximum Gasteiger partial charge on any atom is 0.308 e. The molecule has 1 amide bonds. The fraction of sp³-hybridized carbons (Fsp3) is 0.459. The van der Waals surface area contributed by atoms with Crippen molar-refractivity contribution in [1.29, 1.82) is 0 Å². The van der Waals surface area contributed by atoms with Crippen LogP contribution in [0.1, 0.15) is 62.3 Å². The van der Waals surface area contributed by atoms with Gasteiger partial charge in [-0.25, -0.2) is 0 Å². The molecule has 230 valence electrons. The molecule has 4 aliphatic rings. The Hall–Kier alpha value is -3.84. The summed E-state index contributed by atoms with van der Waals surface area (Å²) in [5.41, 5.74) is 4.35. The van der Waals surface area contributed by atoms with Gasteiger partial charge in [0, 0.05) is 54.2 Å². The van der Waals surface area contributed by atoms with Crippen molar-refractivity contribution >= 4 is 18.0 Å². The van der Waals surface area contributed by atoms with E-state index in [0.29, 0.717) is 30.2 Å². The van der Waals surface area contributed by atoms with E-state index in [-0.39, 0.29) is 29.4 Å². The van der Waals surface area contributed by atoms with Crippen molar-refractivity contribution in [2.24, 2.45) is 11.8 Å². The molecular weight excluding hydrogens is 552 g/mol. The number of hydrogen-bond donors (Lipinski definition) is 0. The van der Waals surface area contributed by atoms with Crippen molar-refractivity contribution in [3.05, 3.63) is 89.4 Å². The number of hydrogen-bond acceptors (Lipinski definition) is 6. The van der Waals surface area contributed by atoms with E-state index in [1.807, 2.05) is 24.3 Å². The number of furan rings is 1. The lowest BCUT2D eigenvalue weighted by Crippen LogP contribution is -2.69. The number of carbonyl (C=O) groups is 2. The first-order valence-corrected chi connectivity index (χ1v) is 16.2. The van der Waals surface area contributed by atoms with Crippen LogP contribution < -0.4 is 9.47 Å². The summed E-state index contributed by atoms with van der Waals surface area (Å²) in [7, 11) is 0. The molecule has 3 heterocycles. The van der Waals surface area contributed by atoms with Gasteiger partial charge in [0.05, 0.1) is 18.6 Å². The highest BCUT2D eigenvalue weighted by Gasteiger charge is 2.66. The van der Waals surface area contributed by atoms with Gasteiger partial charge in [0.1, 0.15) is 17.6 Å². The molecule has 7 nitrogen and oxygen atoms in total. The molecule has 1 saturated heterocycles. The Balaban J connectivity index is 1.26. The maximum atomic E-state index is 13.9. The largest absolute Gasteiger partial charge is 0.487 e. The molecule has 5 atom stereocenters. The third-order valence-electron chi connectivity index (χ3n) is 10.4. The van der Waals surface area contributed by atoms with Crippen molar-refractivity contribution in [2.75, 3.05) is 19.6 Å². The number of likely N-dealkylation sites (tertiary alicyclic amines) is 1. The lowest BCUT2D eigenvalue weighted by molar-refractivity contribution is -0.138. The van der Waals surface area contributed by atoms with Gasteiger partial charge in [-0.15, -0.1) is 0 Å². The molecule has 3 aromatic rings. The van der Waals surface area contributed by atoms with Gasteiger partial charge in [-0.3, -0.25) is 14.5 Å². The summed E-state index contributed by atoms with van der Waals surface area (Å²) in [6.07, 6.45) is 11.4. The number of amides is 1. The molecule has 2 aromatic carbocycles. The quantitative estimate of drug-likeness (QED) is 0.171. The summed E-state index contributed by atoms with van der Waals surface area (Å²) in [5, 5.41) is 0. The van der Waals surface area contributed by atoms with E-state index >= 15 is 0 Å². The van der Waals surface area contributed by atoms with E-state index in [1.165, 1.54) is 18.1 Å². The molecule has 2 bridgehead atoms. The van der Waals surface area contributed by atoms with Crippen LogP contribution in [0.5, 0.6) is 11.5 Å². The second-order valence-electron chi connectivity index (χ2n) is 13.4. The number of ether oxygens (including phenoxy) is 2. The number of esters is 1. The molecule has 2 fully saturated rings. The molecule has 0 unspecified atom stereocenters. The third kappa shape index (κ3) is 4.95. The van der Waals surface area contributed by atoms with Crippen LogP contribution in [0.25, 0.3) is 6.08 Å². The van der Waals surface area contributed by atoms with Crippen LogP contribution in [-0.2, 0) is 27.8 Å². The Morgan fingerprint density at radius 1 is 1.14 bits per heavy atom. The summed E-state index contributed by atoms with van der Waals surface area (Å²) in [5.74, 6) is 1.99. The number of rotatable bonds is 9. The van der Waals surface area contributed by atoms with Crippen molar-refractivity contribution in [1.82, 2.24) is 9.80 Å². The second kappa shape index (κ2) is 11.6. The number of piperidine rings is 1. The Morgan fingerprint density at radius 3 is 2.73 bits per heavy atom. The number of carbonyl (C=O) groups excluding carboxylic acids is 2. The molecular formula is C37H42N2O5. The van der Waals surface area contributed by atoms with Gasteiger partial charge >= 0.3 is 5.97 Å². The molecule has 44 heavy (non-hydrogen) atoms. The van der Waals surface area contributed by atoms with E-state index < -0.39 is 0 Å². The summed E-state index contributed by atoms with van der Waals surface area (Å²) >= 11 is 0. The maximum absolute atomic E-state index is 13.9. The Bertz CT molecular complexity index is 1550. The number of nitrogens with zero attached hydrogens (tertiary/aromatic N) is 2. The summed E-state index contributed by atoms with van der Waals surface area (Å²) in [4.78, 5) is 30.8. The first kappa shape index (κ1) is 28.9. The molecule has 0 N–H and O–H groups in total. The fourth-order valence-corrected chi connectivity index (χ4v) is 8.78. The van der Waals surface area contributed by atoms with Crippen LogP contribution in [0.3, 0.4) is 0 Å². The summed E-state index contributed by atoms with van der Waals surface area (Å²) in [6, 6.07) is 16.7. The van der Waals surface area contributed by atoms with E-state index in [1.54, 1.807) is 18.6 Å². The predicted octanol–water partition coefficient (Wildman–Crippen LogP) is 6.05. The van der Waals surface area contributed by atoms with Gasteiger partial charge in [0.15, 0.2) is 0 Å². The average molecular weight is 595 g/mol. The predicted molar refractivity (Wildman–Crippen MR) is 168 cm³/mol. The zero-order valence-corrected chi connectivity index (χ0v) is 25.9. The van der Waals surface area contributed by atoms with Gasteiger partial charge in [-0.2, -0.15) is 0 Å². The fourth-order valence-electron chi connectivity index (χ4n) is 8.78. The molecule has 0 radical (unpaired) electrons.